The zero-order chi connectivity index (χ0) is 25.4. The molecule has 0 saturated carbocycles. The van der Waals surface area contributed by atoms with Gasteiger partial charge in [0.15, 0.2) is 0 Å². The Morgan fingerprint density at radius 1 is 1.23 bits per heavy atom. The van der Waals surface area contributed by atoms with Gasteiger partial charge in [0.05, 0.1) is 12.0 Å². The van der Waals surface area contributed by atoms with E-state index in [9.17, 15) is 9.59 Å². The lowest BCUT2D eigenvalue weighted by Gasteiger charge is -2.43. The van der Waals surface area contributed by atoms with Crippen molar-refractivity contribution in [2.45, 2.75) is 51.5 Å². The van der Waals surface area contributed by atoms with E-state index >= 15 is 0 Å². The molecule has 2 atom stereocenters. The number of methoxy groups -OCH3 is 1. The molecule has 0 radical (unpaired) electrons. The Labute approximate surface area is 209 Å². The van der Waals surface area contributed by atoms with Crippen molar-refractivity contribution >= 4 is 17.9 Å². The van der Waals surface area contributed by atoms with Gasteiger partial charge in [0, 0.05) is 51.3 Å². The van der Waals surface area contributed by atoms with Gasteiger partial charge < -0.3 is 19.5 Å². The van der Waals surface area contributed by atoms with Gasteiger partial charge in [-0.05, 0) is 48.6 Å². The summed E-state index contributed by atoms with van der Waals surface area (Å²) in [6.07, 6.45) is 11.4. The first kappa shape index (κ1) is 26.5. The van der Waals surface area contributed by atoms with E-state index in [4.69, 9.17) is 4.74 Å². The lowest BCUT2D eigenvalue weighted by atomic mass is 9.78. The number of carbonyl (C=O) groups is 2. The van der Waals surface area contributed by atoms with Gasteiger partial charge in [0.25, 0.3) is 5.91 Å². The highest BCUT2D eigenvalue weighted by Gasteiger charge is 2.45. The summed E-state index contributed by atoms with van der Waals surface area (Å²) in [6, 6.07) is 7.17. The van der Waals surface area contributed by atoms with Crippen LogP contribution in [-0.2, 0) is 9.53 Å². The molecular weight excluding hydrogens is 438 g/mol. The number of allylic oxidation sites excluding steroid dienone is 2. The minimum absolute atomic E-state index is 0.0387. The van der Waals surface area contributed by atoms with Crippen molar-refractivity contribution in [1.82, 2.24) is 14.8 Å². The van der Waals surface area contributed by atoms with Crippen LogP contribution < -0.4 is 0 Å². The zero-order valence-electron chi connectivity index (χ0n) is 21.5. The fraction of sp³-hybridized carbons (Fsp3) is 0.448. The Balaban J connectivity index is 2.13. The monoisotopic (exact) mass is 477 g/mol. The maximum atomic E-state index is 14.0. The van der Waals surface area contributed by atoms with Crippen LogP contribution in [0.4, 0.5) is 0 Å². The number of unbranched alkanes of at least 4 members (excludes halogenated alkanes) is 2. The number of hydrogen-bond acceptors (Lipinski definition) is 3. The van der Waals surface area contributed by atoms with Gasteiger partial charge in [-0.15, -0.1) is 0 Å². The average Bonchev–Trinajstić information content (AvgIpc) is 3.23. The maximum absolute atomic E-state index is 14.0. The Morgan fingerprint density at radius 2 is 2.00 bits per heavy atom. The first-order valence-corrected chi connectivity index (χ1v) is 12.6. The molecule has 0 saturated heterocycles. The second-order valence-corrected chi connectivity index (χ2v) is 9.20. The first-order chi connectivity index (χ1) is 17.0. The van der Waals surface area contributed by atoms with E-state index in [2.05, 4.69) is 18.5 Å². The van der Waals surface area contributed by atoms with Gasteiger partial charge >= 0.3 is 0 Å². The van der Waals surface area contributed by atoms with Crippen molar-refractivity contribution < 1.29 is 14.3 Å². The predicted octanol–water partition coefficient (Wildman–Crippen LogP) is 5.49. The molecule has 6 nitrogen and oxygen atoms in total. The fourth-order valence-electron chi connectivity index (χ4n) is 4.95. The Morgan fingerprint density at radius 3 is 2.71 bits per heavy atom. The third-order valence-electron chi connectivity index (χ3n) is 6.86. The van der Waals surface area contributed by atoms with Gasteiger partial charge in [0.1, 0.15) is 0 Å². The molecule has 0 fully saturated rings. The second-order valence-electron chi connectivity index (χ2n) is 9.20. The molecule has 1 aromatic carbocycles. The van der Waals surface area contributed by atoms with Crippen LogP contribution in [-0.4, -0.2) is 60.5 Å². The molecular formula is C29H39N3O3. The summed E-state index contributed by atoms with van der Waals surface area (Å²) in [5, 5.41) is 0. The van der Waals surface area contributed by atoms with E-state index in [-0.39, 0.29) is 11.8 Å². The Hall–Kier alpha value is -3.12. The highest BCUT2D eigenvalue weighted by molar-refractivity contribution is 6.01. The summed E-state index contributed by atoms with van der Waals surface area (Å²) < 4.78 is 5.28. The van der Waals surface area contributed by atoms with Crippen molar-refractivity contribution in [2.75, 3.05) is 33.9 Å². The van der Waals surface area contributed by atoms with E-state index in [0.29, 0.717) is 31.7 Å². The van der Waals surface area contributed by atoms with Crippen molar-refractivity contribution in [3.63, 3.8) is 0 Å². The molecule has 2 unspecified atom stereocenters. The largest absolute Gasteiger partial charge is 0.385 e. The Bertz CT molecular complexity index is 1060. The molecule has 35 heavy (non-hydrogen) atoms. The number of likely N-dealkylation sites (N-methyl/N-ethyl adjacent to an activating group) is 1. The SMILES string of the molecule is C=C/C=C\c1[nH]cc(C2C(C(=O)N(C)CCCCC)c3ccccc3C(=O)N2CCCOC)c1C. The van der Waals surface area contributed by atoms with E-state index < -0.39 is 12.0 Å². The summed E-state index contributed by atoms with van der Waals surface area (Å²) >= 11 is 0. The molecule has 3 rings (SSSR count). The number of aromatic nitrogens is 1. The second kappa shape index (κ2) is 12.5. The van der Waals surface area contributed by atoms with Crippen LogP contribution in [0, 0.1) is 6.92 Å². The number of carbonyl (C=O) groups excluding carboxylic acids is 2. The van der Waals surface area contributed by atoms with Gasteiger partial charge in [-0.2, -0.15) is 0 Å². The molecule has 2 aromatic rings. The molecule has 1 N–H and O–H groups in total. The summed E-state index contributed by atoms with van der Waals surface area (Å²) in [4.78, 5) is 34.9. The standard InChI is InChI=1S/C29H39N3O3/c1-6-8-12-17-31(4)29(34)26-22-14-10-11-15-23(22)28(33)32(18-13-19-35-5)27(26)24-20-30-25(21(24)3)16-9-7-2/h7,9-11,14-16,20,26-27,30H,2,6,8,12-13,17-19H2,1,3-5H3/b16-9-. The smallest absolute Gasteiger partial charge is 0.254 e. The molecule has 6 heteroatoms. The molecule has 0 bridgehead atoms. The van der Waals surface area contributed by atoms with Crippen LogP contribution >= 0.6 is 0 Å². The van der Waals surface area contributed by atoms with Crippen molar-refractivity contribution in [3.05, 3.63) is 77.1 Å². The molecule has 1 aliphatic heterocycles. The molecule has 0 spiro atoms. The highest BCUT2D eigenvalue weighted by Crippen LogP contribution is 2.45. The Kier molecular flexibility index (Phi) is 9.49. The topological polar surface area (TPSA) is 65.6 Å². The molecule has 1 aliphatic rings. The summed E-state index contributed by atoms with van der Waals surface area (Å²) in [6.45, 7) is 9.72. The number of H-pyrrole nitrogens is 1. The minimum Gasteiger partial charge on any atom is -0.385 e. The zero-order valence-corrected chi connectivity index (χ0v) is 21.5. The summed E-state index contributed by atoms with van der Waals surface area (Å²) in [5.41, 5.74) is 4.37. The number of amides is 2. The lowest BCUT2D eigenvalue weighted by molar-refractivity contribution is -0.133. The number of nitrogens with one attached hydrogen (secondary N) is 1. The van der Waals surface area contributed by atoms with Gasteiger partial charge in [0.2, 0.25) is 5.91 Å². The minimum atomic E-state index is -0.483. The number of benzene rings is 1. The van der Waals surface area contributed by atoms with Crippen LogP contribution in [0.2, 0.25) is 0 Å². The van der Waals surface area contributed by atoms with Crippen LogP contribution in [0.1, 0.15) is 77.3 Å². The van der Waals surface area contributed by atoms with Crippen molar-refractivity contribution in [1.29, 1.82) is 0 Å². The van der Waals surface area contributed by atoms with Gasteiger partial charge in [-0.3, -0.25) is 9.59 Å². The van der Waals surface area contributed by atoms with Crippen molar-refractivity contribution in [3.8, 4) is 0 Å². The van der Waals surface area contributed by atoms with E-state index in [1.807, 2.05) is 66.4 Å². The van der Waals surface area contributed by atoms with Crippen LogP contribution in [0.25, 0.3) is 6.08 Å². The maximum Gasteiger partial charge on any atom is 0.254 e. The number of rotatable bonds is 12. The molecule has 1 aromatic heterocycles. The molecule has 2 amide bonds. The number of hydrogen-bond donors (Lipinski definition) is 1. The van der Waals surface area contributed by atoms with Crippen LogP contribution in [0.5, 0.6) is 0 Å². The van der Waals surface area contributed by atoms with E-state index in [0.717, 1.165) is 41.6 Å². The summed E-state index contributed by atoms with van der Waals surface area (Å²) in [5.74, 6) is -0.474. The molecule has 0 aliphatic carbocycles. The van der Waals surface area contributed by atoms with E-state index in [1.54, 1.807) is 13.2 Å². The average molecular weight is 478 g/mol. The lowest BCUT2D eigenvalue weighted by Crippen LogP contribution is -2.48. The van der Waals surface area contributed by atoms with Crippen LogP contribution in [0.3, 0.4) is 0 Å². The molecule has 2 heterocycles. The third-order valence-corrected chi connectivity index (χ3v) is 6.86. The van der Waals surface area contributed by atoms with Crippen LogP contribution in [0.15, 0.2) is 49.2 Å². The number of aromatic amines is 1. The number of ether oxygens (including phenoxy) is 1. The number of fused-ring (bicyclic) bond motifs is 1. The third kappa shape index (κ3) is 5.76. The first-order valence-electron chi connectivity index (χ1n) is 12.6. The molecule has 188 valence electrons. The fourth-order valence-corrected chi connectivity index (χ4v) is 4.95. The normalized spacial score (nSPS) is 17.6. The van der Waals surface area contributed by atoms with Gasteiger partial charge in [-0.1, -0.05) is 56.7 Å². The van der Waals surface area contributed by atoms with Crippen molar-refractivity contribution in [2.24, 2.45) is 0 Å². The van der Waals surface area contributed by atoms with E-state index in [1.165, 1.54) is 0 Å². The highest BCUT2D eigenvalue weighted by atomic mass is 16.5. The predicted molar refractivity (Wildman–Crippen MR) is 141 cm³/mol. The summed E-state index contributed by atoms with van der Waals surface area (Å²) in [7, 11) is 3.54. The quantitative estimate of drug-likeness (QED) is 0.325. The van der Waals surface area contributed by atoms with Gasteiger partial charge in [-0.25, -0.2) is 0 Å². The number of nitrogens with zero attached hydrogens (tertiary/aromatic N) is 2.